The van der Waals surface area contributed by atoms with Gasteiger partial charge in [0.05, 0.1) is 0 Å². The minimum absolute atomic E-state index is 0.194. The minimum atomic E-state index is -0.462. The lowest BCUT2D eigenvalue weighted by atomic mass is 10.1. The van der Waals surface area contributed by atoms with Gasteiger partial charge < -0.3 is 9.64 Å². The molecule has 3 aliphatic heterocycles. The molecule has 2 atom stereocenters. The number of benzene rings is 1. The molecule has 1 aromatic carbocycles. The summed E-state index contributed by atoms with van der Waals surface area (Å²) in [6, 6.07) is 7.27. The summed E-state index contributed by atoms with van der Waals surface area (Å²) >= 11 is 0. The molecule has 3 aliphatic rings. The van der Waals surface area contributed by atoms with E-state index in [9.17, 15) is 9.18 Å². The van der Waals surface area contributed by atoms with Gasteiger partial charge >= 0.3 is 6.09 Å². The summed E-state index contributed by atoms with van der Waals surface area (Å²) in [5.41, 5.74) is 0.656. The predicted molar refractivity (Wildman–Crippen MR) is 91.2 cm³/mol. The van der Waals surface area contributed by atoms with E-state index in [1.807, 2.05) is 37.8 Å². The van der Waals surface area contributed by atoms with Crippen LogP contribution in [-0.2, 0) is 11.3 Å². The number of rotatable bonds is 2. The fraction of sp³-hybridized carbons (Fsp3) is 0.632. The fourth-order valence-corrected chi connectivity index (χ4v) is 3.68. The molecule has 2 unspecified atom stereocenters. The number of hydrogen-bond acceptors (Lipinski definition) is 3. The molecule has 3 heterocycles. The zero-order valence-electron chi connectivity index (χ0n) is 14.8. The van der Waals surface area contributed by atoms with Crippen LogP contribution in [0.4, 0.5) is 9.18 Å². The summed E-state index contributed by atoms with van der Waals surface area (Å²) in [4.78, 5) is 16.9. The van der Waals surface area contributed by atoms with Gasteiger partial charge in [0.25, 0.3) is 0 Å². The van der Waals surface area contributed by atoms with Gasteiger partial charge in [0, 0.05) is 31.7 Å². The predicted octanol–water partition coefficient (Wildman–Crippen LogP) is 3.80. The molecule has 0 radical (unpaired) electrons. The Morgan fingerprint density at radius 3 is 2.50 bits per heavy atom. The van der Waals surface area contributed by atoms with Gasteiger partial charge in [0.1, 0.15) is 11.4 Å². The molecule has 0 N–H and O–H groups in total. The van der Waals surface area contributed by atoms with E-state index in [0.29, 0.717) is 6.04 Å². The second-order valence-electron chi connectivity index (χ2n) is 7.93. The van der Waals surface area contributed by atoms with E-state index in [0.717, 1.165) is 44.5 Å². The van der Waals surface area contributed by atoms with Gasteiger partial charge in [-0.2, -0.15) is 0 Å². The Morgan fingerprint density at radius 2 is 1.83 bits per heavy atom. The molecular formula is C19H27FN2O2. The number of halogens is 1. The maximum atomic E-state index is 13.1. The lowest BCUT2D eigenvalue weighted by Crippen LogP contribution is -2.58. The highest BCUT2D eigenvalue weighted by Crippen LogP contribution is 2.30. The van der Waals surface area contributed by atoms with E-state index < -0.39 is 5.60 Å². The second-order valence-corrected chi connectivity index (χ2v) is 7.93. The Kier molecular flexibility index (Phi) is 4.81. The van der Waals surface area contributed by atoms with Crippen LogP contribution in [0.2, 0.25) is 0 Å². The molecule has 24 heavy (non-hydrogen) atoms. The van der Waals surface area contributed by atoms with E-state index >= 15 is 0 Å². The molecule has 132 valence electrons. The van der Waals surface area contributed by atoms with Crippen molar-refractivity contribution in [3.05, 3.63) is 35.6 Å². The highest BCUT2D eigenvalue weighted by atomic mass is 19.1. The summed E-state index contributed by atoms with van der Waals surface area (Å²) in [6.45, 7) is 8.11. The van der Waals surface area contributed by atoms with Gasteiger partial charge in [-0.05, 0) is 57.7 Å². The highest BCUT2D eigenvalue weighted by molar-refractivity contribution is 5.69. The average molecular weight is 334 g/mol. The largest absolute Gasteiger partial charge is 0.444 e. The lowest BCUT2D eigenvalue weighted by Gasteiger charge is -2.44. The lowest BCUT2D eigenvalue weighted by molar-refractivity contribution is -0.0117. The monoisotopic (exact) mass is 334 g/mol. The average Bonchev–Trinajstić information content (AvgIpc) is 2.81. The van der Waals surface area contributed by atoms with Crippen LogP contribution >= 0.6 is 0 Å². The normalized spacial score (nSPS) is 24.8. The van der Waals surface area contributed by atoms with E-state index in [1.54, 1.807) is 0 Å². The van der Waals surface area contributed by atoms with Gasteiger partial charge in [-0.15, -0.1) is 0 Å². The van der Waals surface area contributed by atoms with Crippen molar-refractivity contribution in [3.8, 4) is 0 Å². The second kappa shape index (κ2) is 6.71. The third kappa shape index (κ3) is 4.07. The topological polar surface area (TPSA) is 32.8 Å². The van der Waals surface area contributed by atoms with Crippen molar-refractivity contribution in [2.24, 2.45) is 0 Å². The van der Waals surface area contributed by atoms with Crippen molar-refractivity contribution < 1.29 is 13.9 Å². The Hall–Kier alpha value is -1.62. The molecule has 0 aromatic heterocycles. The van der Waals surface area contributed by atoms with Crippen LogP contribution in [0.5, 0.6) is 0 Å². The Bertz CT molecular complexity index is 582. The van der Waals surface area contributed by atoms with E-state index in [-0.39, 0.29) is 18.0 Å². The standard InChI is InChI=1S/C19H27FN2O2/c1-19(2,3)24-18(23)22-13-16-5-4-6-17(22)12-21(16)11-14-7-9-15(20)10-8-14/h7-10,16-17H,4-6,11-13H2,1-3H3. The van der Waals surface area contributed by atoms with Gasteiger partial charge in [0.2, 0.25) is 0 Å². The molecule has 5 heteroatoms. The third-order valence-electron chi connectivity index (χ3n) is 4.81. The first kappa shape index (κ1) is 17.2. The van der Waals surface area contributed by atoms with Crippen LogP contribution in [-0.4, -0.2) is 46.7 Å². The summed E-state index contributed by atoms with van der Waals surface area (Å²) in [6.07, 6.45) is 3.06. The number of hydrogen-bond donors (Lipinski definition) is 0. The molecule has 0 aliphatic carbocycles. The number of carbonyl (C=O) groups is 1. The highest BCUT2D eigenvalue weighted by Gasteiger charge is 2.40. The summed E-state index contributed by atoms with van der Waals surface area (Å²) in [5, 5.41) is 0. The van der Waals surface area contributed by atoms with Crippen LogP contribution in [0.3, 0.4) is 0 Å². The van der Waals surface area contributed by atoms with Crippen molar-refractivity contribution >= 4 is 6.09 Å². The molecular weight excluding hydrogens is 307 g/mol. The molecule has 3 saturated heterocycles. The fourth-order valence-electron chi connectivity index (χ4n) is 3.68. The smallest absolute Gasteiger partial charge is 0.410 e. The first-order valence-corrected chi connectivity index (χ1v) is 8.80. The third-order valence-corrected chi connectivity index (χ3v) is 4.81. The quantitative estimate of drug-likeness (QED) is 0.825. The van der Waals surface area contributed by atoms with Crippen LogP contribution in [0.25, 0.3) is 0 Å². The maximum absolute atomic E-state index is 13.1. The van der Waals surface area contributed by atoms with Crippen LogP contribution in [0.1, 0.15) is 45.6 Å². The van der Waals surface area contributed by atoms with Gasteiger partial charge in [-0.3, -0.25) is 4.90 Å². The molecule has 3 fully saturated rings. The van der Waals surface area contributed by atoms with Crippen molar-refractivity contribution in [2.45, 2.75) is 64.3 Å². The van der Waals surface area contributed by atoms with E-state index in [2.05, 4.69) is 4.90 Å². The minimum Gasteiger partial charge on any atom is -0.444 e. The van der Waals surface area contributed by atoms with Crippen molar-refractivity contribution in [1.29, 1.82) is 0 Å². The molecule has 1 amide bonds. The zero-order valence-corrected chi connectivity index (χ0v) is 14.8. The number of ether oxygens (including phenoxy) is 1. The van der Waals surface area contributed by atoms with E-state index in [1.165, 1.54) is 12.1 Å². The van der Waals surface area contributed by atoms with Gasteiger partial charge in [-0.25, -0.2) is 9.18 Å². The Labute approximate surface area is 143 Å². The first-order valence-electron chi connectivity index (χ1n) is 8.80. The summed E-state index contributed by atoms with van der Waals surface area (Å²) in [5.74, 6) is -0.202. The van der Waals surface area contributed by atoms with Gasteiger partial charge in [0.15, 0.2) is 0 Å². The maximum Gasteiger partial charge on any atom is 0.410 e. The number of piperazine rings is 1. The van der Waals surface area contributed by atoms with Crippen molar-refractivity contribution in [3.63, 3.8) is 0 Å². The Morgan fingerprint density at radius 1 is 1.17 bits per heavy atom. The summed E-state index contributed by atoms with van der Waals surface area (Å²) < 4.78 is 18.7. The summed E-state index contributed by atoms with van der Waals surface area (Å²) in [7, 11) is 0. The molecule has 2 bridgehead atoms. The van der Waals surface area contributed by atoms with Gasteiger partial charge in [-0.1, -0.05) is 12.1 Å². The van der Waals surface area contributed by atoms with Crippen LogP contribution in [0, 0.1) is 5.82 Å². The zero-order chi connectivity index (χ0) is 17.3. The number of amides is 1. The van der Waals surface area contributed by atoms with Crippen molar-refractivity contribution in [2.75, 3.05) is 13.1 Å². The first-order chi connectivity index (χ1) is 11.3. The Balaban J connectivity index is 1.68. The molecule has 4 rings (SSSR count). The van der Waals surface area contributed by atoms with Crippen LogP contribution in [0.15, 0.2) is 24.3 Å². The SMILES string of the molecule is CC(C)(C)OC(=O)N1CC2CCCC1CN2Cc1ccc(F)cc1. The van der Waals surface area contributed by atoms with Crippen molar-refractivity contribution in [1.82, 2.24) is 9.80 Å². The van der Waals surface area contributed by atoms with Crippen LogP contribution < -0.4 is 0 Å². The number of carbonyl (C=O) groups excluding carboxylic acids is 1. The molecule has 0 saturated carbocycles. The van der Waals surface area contributed by atoms with E-state index in [4.69, 9.17) is 4.74 Å². The molecule has 0 spiro atoms. The molecule has 4 nitrogen and oxygen atoms in total. The number of nitrogens with zero attached hydrogens (tertiary/aromatic N) is 2. The molecule has 1 aromatic rings. The number of fused-ring (bicyclic) bond motifs is 4.